The normalized spacial score (nSPS) is 12.3. The molecule has 1 atom stereocenters. The Labute approximate surface area is 154 Å². The predicted octanol–water partition coefficient (Wildman–Crippen LogP) is 4.48. The molecular weight excluding hydrogens is 322 g/mol. The number of H-pyrrole nitrogens is 1. The Balaban J connectivity index is 1.83. The van der Waals surface area contributed by atoms with Crippen molar-refractivity contribution in [3.05, 3.63) is 89.2 Å². The molecule has 4 heteroatoms. The van der Waals surface area contributed by atoms with E-state index in [0.29, 0.717) is 11.6 Å². The topological polar surface area (TPSA) is 57.8 Å². The Morgan fingerprint density at radius 1 is 0.923 bits per heavy atom. The van der Waals surface area contributed by atoms with Gasteiger partial charge in [-0.3, -0.25) is 9.89 Å². The number of amides is 1. The van der Waals surface area contributed by atoms with Gasteiger partial charge in [0, 0.05) is 17.7 Å². The third-order valence-electron chi connectivity index (χ3n) is 4.63. The van der Waals surface area contributed by atoms with E-state index in [1.807, 2.05) is 49.4 Å². The Hall–Kier alpha value is -2.88. The average molecular weight is 347 g/mol. The van der Waals surface area contributed by atoms with E-state index in [0.717, 1.165) is 5.69 Å². The Morgan fingerprint density at radius 3 is 1.92 bits per heavy atom. The highest BCUT2D eigenvalue weighted by molar-refractivity contribution is 5.92. The quantitative estimate of drug-likeness (QED) is 0.690. The van der Waals surface area contributed by atoms with Crippen LogP contribution in [-0.4, -0.2) is 22.1 Å². The number of hydrogen-bond acceptors (Lipinski definition) is 2. The molecule has 1 aromatic heterocycles. The van der Waals surface area contributed by atoms with Crippen molar-refractivity contribution >= 4 is 5.91 Å². The fourth-order valence-corrected chi connectivity index (χ4v) is 3.20. The molecule has 1 heterocycles. The summed E-state index contributed by atoms with van der Waals surface area (Å²) in [6, 6.07) is 22.3. The largest absolute Gasteiger partial charge is 0.347 e. The summed E-state index contributed by atoms with van der Waals surface area (Å²) in [6.07, 6.45) is 0. The summed E-state index contributed by atoms with van der Waals surface area (Å²) >= 11 is 0. The van der Waals surface area contributed by atoms with Gasteiger partial charge in [-0.15, -0.1) is 0 Å². The number of aromatic amines is 1. The third-order valence-corrected chi connectivity index (χ3v) is 4.63. The van der Waals surface area contributed by atoms with E-state index in [1.54, 1.807) is 0 Å². The van der Waals surface area contributed by atoms with Crippen LogP contribution in [0.15, 0.2) is 66.7 Å². The van der Waals surface area contributed by atoms with E-state index in [9.17, 15) is 4.79 Å². The molecule has 0 aliphatic rings. The van der Waals surface area contributed by atoms with E-state index >= 15 is 0 Å². The Bertz CT molecular complexity index is 801. The molecule has 134 valence electrons. The fourth-order valence-electron chi connectivity index (χ4n) is 3.20. The maximum atomic E-state index is 12.7. The monoisotopic (exact) mass is 347 g/mol. The first-order valence-corrected chi connectivity index (χ1v) is 9.02. The molecule has 0 bridgehead atoms. The minimum absolute atomic E-state index is 0.0739. The van der Waals surface area contributed by atoms with Crippen molar-refractivity contribution in [2.75, 3.05) is 0 Å². The van der Waals surface area contributed by atoms with Gasteiger partial charge in [-0.05, 0) is 30.0 Å². The molecule has 3 rings (SSSR count). The molecule has 0 aliphatic heterocycles. The zero-order valence-electron chi connectivity index (χ0n) is 15.4. The smallest absolute Gasteiger partial charge is 0.272 e. The van der Waals surface area contributed by atoms with E-state index in [-0.39, 0.29) is 17.9 Å². The average Bonchev–Trinajstić information content (AvgIpc) is 3.14. The molecule has 0 radical (unpaired) electrons. The van der Waals surface area contributed by atoms with Gasteiger partial charge < -0.3 is 5.32 Å². The van der Waals surface area contributed by atoms with Crippen molar-refractivity contribution in [3.63, 3.8) is 0 Å². The first-order chi connectivity index (χ1) is 12.6. The second-order valence-corrected chi connectivity index (χ2v) is 6.92. The summed E-state index contributed by atoms with van der Waals surface area (Å²) in [5, 5.41) is 10.2. The molecule has 26 heavy (non-hydrogen) atoms. The molecule has 0 saturated carbocycles. The van der Waals surface area contributed by atoms with Crippen LogP contribution < -0.4 is 5.32 Å². The number of nitrogens with one attached hydrogen (secondary N) is 2. The van der Waals surface area contributed by atoms with Gasteiger partial charge in [0.25, 0.3) is 5.91 Å². The van der Waals surface area contributed by atoms with E-state index in [1.165, 1.54) is 11.1 Å². The zero-order chi connectivity index (χ0) is 18.5. The Kier molecular flexibility index (Phi) is 5.52. The second kappa shape index (κ2) is 8.00. The molecule has 0 saturated heterocycles. The number of benzene rings is 2. The van der Waals surface area contributed by atoms with Crippen LogP contribution in [0.2, 0.25) is 0 Å². The van der Waals surface area contributed by atoms with Gasteiger partial charge in [-0.25, -0.2) is 0 Å². The highest BCUT2D eigenvalue weighted by Crippen LogP contribution is 2.28. The highest BCUT2D eigenvalue weighted by atomic mass is 16.2. The fraction of sp³-hybridized carbons (Fsp3) is 0.273. The lowest BCUT2D eigenvalue weighted by atomic mass is 9.86. The summed E-state index contributed by atoms with van der Waals surface area (Å²) in [5.74, 6) is 0.227. The van der Waals surface area contributed by atoms with Gasteiger partial charge in [-0.2, -0.15) is 5.10 Å². The van der Waals surface area contributed by atoms with Crippen molar-refractivity contribution < 1.29 is 4.79 Å². The number of carbonyl (C=O) groups is 1. The molecule has 1 unspecified atom stereocenters. The lowest BCUT2D eigenvalue weighted by molar-refractivity contribution is 0.0932. The molecule has 0 fully saturated rings. The molecule has 4 nitrogen and oxygen atoms in total. The molecule has 1 amide bonds. The van der Waals surface area contributed by atoms with Gasteiger partial charge in [-0.1, -0.05) is 74.5 Å². The van der Waals surface area contributed by atoms with Crippen LogP contribution in [0, 0.1) is 0 Å². The number of rotatable bonds is 6. The maximum absolute atomic E-state index is 12.7. The molecule has 3 aromatic rings. The number of hydrogen-bond donors (Lipinski definition) is 2. The number of carbonyl (C=O) groups excluding carboxylic acids is 1. The standard InChI is InChI=1S/C22H25N3O/c1-15(2)19-14-20(25-24-19)22(26)23-16(3)21(17-10-6-4-7-11-17)18-12-8-5-9-13-18/h4-16,21H,1-3H3,(H,23,26)(H,24,25). The lowest BCUT2D eigenvalue weighted by Gasteiger charge is -2.26. The lowest BCUT2D eigenvalue weighted by Crippen LogP contribution is -2.37. The van der Waals surface area contributed by atoms with E-state index < -0.39 is 0 Å². The van der Waals surface area contributed by atoms with Crippen LogP contribution in [0.3, 0.4) is 0 Å². The SMILES string of the molecule is CC(C)c1cc(C(=O)NC(C)C(c2ccccc2)c2ccccc2)n[nH]1. The van der Waals surface area contributed by atoms with Crippen LogP contribution in [0.4, 0.5) is 0 Å². The van der Waals surface area contributed by atoms with Crippen LogP contribution >= 0.6 is 0 Å². The molecule has 0 spiro atoms. The van der Waals surface area contributed by atoms with Gasteiger partial charge in [0.05, 0.1) is 0 Å². The summed E-state index contributed by atoms with van der Waals surface area (Å²) in [5.41, 5.74) is 3.75. The maximum Gasteiger partial charge on any atom is 0.272 e. The van der Waals surface area contributed by atoms with Gasteiger partial charge in [0.2, 0.25) is 0 Å². The molecule has 2 N–H and O–H groups in total. The van der Waals surface area contributed by atoms with Crippen LogP contribution in [0.25, 0.3) is 0 Å². The van der Waals surface area contributed by atoms with Crippen LogP contribution in [-0.2, 0) is 0 Å². The molecule has 0 aliphatic carbocycles. The summed E-state index contributed by atoms with van der Waals surface area (Å²) in [7, 11) is 0. The van der Waals surface area contributed by atoms with Crippen molar-refractivity contribution in [3.8, 4) is 0 Å². The van der Waals surface area contributed by atoms with Crippen molar-refractivity contribution in [2.45, 2.75) is 38.6 Å². The van der Waals surface area contributed by atoms with Crippen LogP contribution in [0.5, 0.6) is 0 Å². The minimum atomic E-state index is -0.155. The van der Waals surface area contributed by atoms with E-state index in [2.05, 4.69) is 53.6 Å². The highest BCUT2D eigenvalue weighted by Gasteiger charge is 2.24. The Morgan fingerprint density at radius 2 is 1.46 bits per heavy atom. The van der Waals surface area contributed by atoms with Gasteiger partial charge >= 0.3 is 0 Å². The van der Waals surface area contributed by atoms with Crippen molar-refractivity contribution in [1.82, 2.24) is 15.5 Å². The van der Waals surface area contributed by atoms with Gasteiger partial charge in [0.15, 0.2) is 0 Å². The molecule has 2 aromatic carbocycles. The predicted molar refractivity (Wildman–Crippen MR) is 104 cm³/mol. The van der Waals surface area contributed by atoms with Crippen LogP contribution in [0.1, 0.15) is 59.9 Å². The first-order valence-electron chi connectivity index (χ1n) is 9.02. The minimum Gasteiger partial charge on any atom is -0.347 e. The number of aromatic nitrogens is 2. The first kappa shape index (κ1) is 17.9. The second-order valence-electron chi connectivity index (χ2n) is 6.92. The number of nitrogens with zero attached hydrogens (tertiary/aromatic N) is 1. The third kappa shape index (κ3) is 4.02. The molecular formula is C22H25N3O. The summed E-state index contributed by atoms with van der Waals surface area (Å²) in [6.45, 7) is 6.18. The zero-order valence-corrected chi connectivity index (χ0v) is 15.4. The van der Waals surface area contributed by atoms with Crippen molar-refractivity contribution in [1.29, 1.82) is 0 Å². The summed E-state index contributed by atoms with van der Waals surface area (Å²) < 4.78 is 0. The van der Waals surface area contributed by atoms with Gasteiger partial charge in [0.1, 0.15) is 5.69 Å². The van der Waals surface area contributed by atoms with Crippen molar-refractivity contribution in [2.24, 2.45) is 0 Å². The summed E-state index contributed by atoms with van der Waals surface area (Å²) in [4.78, 5) is 12.7. The van der Waals surface area contributed by atoms with E-state index in [4.69, 9.17) is 0 Å².